The van der Waals surface area contributed by atoms with Crippen LogP contribution in [0.3, 0.4) is 0 Å². The van der Waals surface area contributed by atoms with E-state index in [-0.39, 0.29) is 5.75 Å². The first-order valence-corrected chi connectivity index (χ1v) is 23.0. The van der Waals surface area contributed by atoms with Gasteiger partial charge in [-0.15, -0.1) is 0 Å². The Morgan fingerprint density at radius 2 is 0.791 bits per heavy atom. The van der Waals surface area contributed by atoms with E-state index in [1.807, 2.05) is 18.2 Å². The molecule has 0 aromatic heterocycles. The summed E-state index contributed by atoms with van der Waals surface area (Å²) in [4.78, 5) is 2.45. The number of benzene rings is 11. The molecule has 316 valence electrons. The van der Waals surface area contributed by atoms with Gasteiger partial charge in [0.2, 0.25) is 0 Å². The van der Waals surface area contributed by atoms with Crippen molar-refractivity contribution in [1.29, 1.82) is 0 Å². The van der Waals surface area contributed by atoms with Crippen molar-refractivity contribution >= 4 is 27.8 Å². The number of aromatic hydroxyl groups is 1. The average molecular weight is 856 g/mol. The summed E-state index contributed by atoms with van der Waals surface area (Å²) in [5.41, 5.74) is 18.6. The Morgan fingerprint density at radius 1 is 0.299 bits per heavy atom. The molecule has 1 N–H and O–H groups in total. The van der Waals surface area contributed by atoms with Gasteiger partial charge in [0.05, 0.1) is 16.8 Å². The molecule has 2 heteroatoms. The number of hydrogen-bond acceptors (Lipinski definition) is 2. The van der Waals surface area contributed by atoms with Crippen LogP contribution in [0.2, 0.25) is 0 Å². The van der Waals surface area contributed by atoms with E-state index in [1.54, 1.807) is 6.07 Å². The van der Waals surface area contributed by atoms with Gasteiger partial charge >= 0.3 is 0 Å². The van der Waals surface area contributed by atoms with Gasteiger partial charge in [0.15, 0.2) is 0 Å². The van der Waals surface area contributed by atoms with E-state index < -0.39 is 5.41 Å². The van der Waals surface area contributed by atoms with E-state index in [1.165, 1.54) is 55.3 Å². The average Bonchev–Trinajstić information content (AvgIpc) is 3.71. The van der Waals surface area contributed by atoms with E-state index in [4.69, 9.17) is 0 Å². The standard InChI is InChI=1S/C65H45NO/c67-63-32-14-11-26-57(63)52-20-15-19-51(44-52)56-25-10-13-30-61(56)66(55-41-39-47(40-42-55)46-33-35-48(36-34-46)50-38-37-45-17-7-8-18-49(45)43-50)62-31-16-29-60-64(62)58-27-9-12-28-59(58)65(60,53-21-3-1-4-22-53)54-23-5-2-6-24-54/h1-44,67H. The van der Waals surface area contributed by atoms with Crippen LogP contribution in [-0.2, 0) is 5.41 Å². The Labute approximate surface area is 392 Å². The second-order valence-corrected chi connectivity index (χ2v) is 17.4. The third-order valence-electron chi connectivity index (χ3n) is 13.7. The molecule has 11 aromatic carbocycles. The van der Waals surface area contributed by atoms with Crippen LogP contribution < -0.4 is 4.90 Å². The second-order valence-electron chi connectivity index (χ2n) is 17.4. The van der Waals surface area contributed by atoms with Crippen molar-refractivity contribution in [2.45, 2.75) is 5.41 Å². The molecule has 1 aliphatic rings. The van der Waals surface area contributed by atoms with E-state index >= 15 is 0 Å². The first-order valence-electron chi connectivity index (χ1n) is 23.0. The molecule has 0 atom stereocenters. The van der Waals surface area contributed by atoms with Gasteiger partial charge in [0.1, 0.15) is 5.75 Å². The molecule has 0 aliphatic heterocycles. The summed E-state index contributed by atoms with van der Waals surface area (Å²) >= 11 is 0. The Hall–Kier alpha value is -8.72. The number of rotatable bonds is 9. The highest BCUT2D eigenvalue weighted by Crippen LogP contribution is 2.60. The summed E-state index contributed by atoms with van der Waals surface area (Å²) < 4.78 is 0. The van der Waals surface area contributed by atoms with Crippen molar-refractivity contribution in [3.63, 3.8) is 0 Å². The maximum Gasteiger partial charge on any atom is 0.123 e. The van der Waals surface area contributed by atoms with Crippen LogP contribution in [0.15, 0.2) is 267 Å². The fourth-order valence-electron chi connectivity index (χ4n) is 10.6. The molecule has 0 unspecified atom stereocenters. The van der Waals surface area contributed by atoms with E-state index in [2.05, 4.69) is 248 Å². The van der Waals surface area contributed by atoms with E-state index in [0.717, 1.165) is 50.4 Å². The van der Waals surface area contributed by atoms with Crippen molar-refractivity contribution in [1.82, 2.24) is 0 Å². The summed E-state index contributed by atoms with van der Waals surface area (Å²) in [5.74, 6) is 0.261. The molecule has 1 aliphatic carbocycles. The third-order valence-corrected chi connectivity index (χ3v) is 13.7. The number of fused-ring (bicyclic) bond motifs is 4. The zero-order chi connectivity index (χ0) is 44.7. The molecule has 2 nitrogen and oxygen atoms in total. The van der Waals surface area contributed by atoms with E-state index in [0.29, 0.717) is 0 Å². The monoisotopic (exact) mass is 855 g/mol. The molecule has 12 rings (SSSR count). The largest absolute Gasteiger partial charge is 0.507 e. The van der Waals surface area contributed by atoms with Gasteiger partial charge in [-0.2, -0.15) is 0 Å². The molecule has 0 saturated heterocycles. The lowest BCUT2D eigenvalue weighted by atomic mass is 9.68. The zero-order valence-electron chi connectivity index (χ0n) is 36.8. The highest BCUT2D eigenvalue weighted by atomic mass is 16.3. The Morgan fingerprint density at radius 3 is 1.49 bits per heavy atom. The molecule has 0 amide bonds. The highest BCUT2D eigenvalue weighted by molar-refractivity contribution is 6.00. The van der Waals surface area contributed by atoms with Crippen molar-refractivity contribution in [2.75, 3.05) is 4.90 Å². The molecular weight excluding hydrogens is 811 g/mol. The van der Waals surface area contributed by atoms with Crippen molar-refractivity contribution in [3.8, 4) is 61.4 Å². The summed E-state index contributed by atoms with van der Waals surface area (Å²) in [7, 11) is 0. The van der Waals surface area contributed by atoms with Crippen LogP contribution in [0.25, 0.3) is 66.4 Å². The summed E-state index contributed by atoms with van der Waals surface area (Å²) in [5, 5.41) is 13.4. The normalized spacial score (nSPS) is 12.4. The topological polar surface area (TPSA) is 23.5 Å². The molecule has 0 fully saturated rings. The van der Waals surface area contributed by atoms with Crippen molar-refractivity contribution < 1.29 is 5.11 Å². The van der Waals surface area contributed by atoms with Gasteiger partial charge < -0.3 is 10.0 Å². The lowest BCUT2D eigenvalue weighted by molar-refractivity contribution is 0.477. The zero-order valence-corrected chi connectivity index (χ0v) is 36.8. The van der Waals surface area contributed by atoms with Crippen molar-refractivity contribution in [2.24, 2.45) is 0 Å². The first kappa shape index (κ1) is 39.8. The molecule has 67 heavy (non-hydrogen) atoms. The number of nitrogens with zero attached hydrogens (tertiary/aromatic N) is 1. The lowest BCUT2D eigenvalue weighted by Gasteiger charge is -2.34. The SMILES string of the molecule is Oc1ccccc1-c1cccc(-c2ccccc2N(c2ccc(-c3ccc(-c4ccc5ccccc5c4)cc3)cc2)c2cccc3c2-c2ccccc2C3(c2ccccc2)c2ccccc2)c1. The highest BCUT2D eigenvalue weighted by Gasteiger charge is 2.47. The molecular formula is C65H45NO. The fourth-order valence-corrected chi connectivity index (χ4v) is 10.6. The van der Waals surface area contributed by atoms with Crippen LogP contribution >= 0.6 is 0 Å². The minimum Gasteiger partial charge on any atom is -0.507 e. The number of phenols is 1. The maximum absolute atomic E-state index is 10.9. The number of hydrogen-bond donors (Lipinski definition) is 1. The van der Waals surface area contributed by atoms with Crippen LogP contribution in [0.5, 0.6) is 5.75 Å². The Kier molecular flexibility index (Phi) is 9.92. The van der Waals surface area contributed by atoms with Crippen LogP contribution in [0.1, 0.15) is 22.3 Å². The number of phenolic OH excluding ortho intramolecular Hbond substituents is 1. The van der Waals surface area contributed by atoms with Gasteiger partial charge in [-0.3, -0.25) is 0 Å². The van der Waals surface area contributed by atoms with Gasteiger partial charge in [0, 0.05) is 22.4 Å². The molecule has 0 saturated carbocycles. The Balaban J connectivity index is 1.04. The number of anilines is 3. The third kappa shape index (κ3) is 6.81. The van der Waals surface area contributed by atoms with E-state index in [9.17, 15) is 5.11 Å². The number of para-hydroxylation sites is 2. The summed E-state index contributed by atoms with van der Waals surface area (Å²) in [6.45, 7) is 0. The quantitative estimate of drug-likeness (QED) is 0.156. The van der Waals surface area contributed by atoms with Crippen LogP contribution in [0, 0.1) is 0 Å². The van der Waals surface area contributed by atoms with Crippen molar-refractivity contribution in [3.05, 3.63) is 289 Å². The maximum atomic E-state index is 10.9. The first-order chi connectivity index (χ1) is 33.1. The minimum atomic E-state index is -0.551. The summed E-state index contributed by atoms with van der Waals surface area (Å²) in [6, 6.07) is 95.8. The van der Waals surface area contributed by atoms with Crippen LogP contribution in [0.4, 0.5) is 17.1 Å². The lowest BCUT2D eigenvalue weighted by Crippen LogP contribution is -2.28. The van der Waals surface area contributed by atoms with Gasteiger partial charge in [-0.1, -0.05) is 224 Å². The molecule has 0 bridgehead atoms. The van der Waals surface area contributed by atoms with Crippen LogP contribution in [-0.4, -0.2) is 5.11 Å². The molecule has 11 aromatic rings. The van der Waals surface area contributed by atoms with Gasteiger partial charge in [-0.25, -0.2) is 0 Å². The fraction of sp³-hybridized carbons (Fsp3) is 0.0154. The predicted octanol–water partition coefficient (Wildman–Crippen LogP) is 17.0. The molecule has 0 spiro atoms. The molecule has 0 radical (unpaired) electrons. The van der Waals surface area contributed by atoms with Gasteiger partial charge in [0.25, 0.3) is 0 Å². The Bertz CT molecular complexity index is 3540. The smallest absolute Gasteiger partial charge is 0.123 e. The summed E-state index contributed by atoms with van der Waals surface area (Å²) in [6.07, 6.45) is 0. The predicted molar refractivity (Wildman–Crippen MR) is 279 cm³/mol. The van der Waals surface area contributed by atoms with Gasteiger partial charge in [-0.05, 0) is 114 Å². The molecule has 0 heterocycles. The minimum absolute atomic E-state index is 0.261. The second kappa shape index (κ2) is 16.7.